The summed E-state index contributed by atoms with van der Waals surface area (Å²) in [6, 6.07) is 29.2. The summed E-state index contributed by atoms with van der Waals surface area (Å²) in [7, 11) is 4.66. The number of benzene rings is 4. The van der Waals surface area contributed by atoms with Gasteiger partial charge in [-0.25, -0.2) is 0 Å². The number of nitrogens with one attached hydrogen (secondary N) is 2. The molecule has 2 amide bonds. The van der Waals surface area contributed by atoms with Gasteiger partial charge in [0.25, 0.3) is 5.91 Å². The summed E-state index contributed by atoms with van der Waals surface area (Å²) in [5.74, 6) is 1.28. The molecule has 2 N–H and O–H groups in total. The van der Waals surface area contributed by atoms with Gasteiger partial charge in [-0.15, -0.1) is 11.8 Å². The Bertz CT molecular complexity index is 1390. The molecule has 0 aliphatic rings. The van der Waals surface area contributed by atoms with Gasteiger partial charge in [-0.1, -0.05) is 36.4 Å². The van der Waals surface area contributed by atoms with Crippen molar-refractivity contribution >= 4 is 35.0 Å². The minimum Gasteiger partial charge on any atom is -0.497 e. The minimum absolute atomic E-state index is 0.161. The van der Waals surface area contributed by atoms with Crippen LogP contribution in [0.5, 0.6) is 17.2 Å². The molecule has 0 saturated heterocycles. The van der Waals surface area contributed by atoms with Crippen molar-refractivity contribution in [2.75, 3.05) is 32.0 Å². The molecule has 194 valence electrons. The largest absolute Gasteiger partial charge is 0.497 e. The number of carbonyl (C=O) groups excluding carboxylic acids is 2. The summed E-state index contributed by atoms with van der Waals surface area (Å²) in [6.45, 7) is 0. The first kappa shape index (κ1) is 26.6. The van der Waals surface area contributed by atoms with Gasteiger partial charge in [0, 0.05) is 21.8 Å². The van der Waals surface area contributed by atoms with Crippen LogP contribution in [0.4, 0.5) is 11.4 Å². The highest BCUT2D eigenvalue weighted by molar-refractivity contribution is 8.00. The summed E-state index contributed by atoms with van der Waals surface area (Å²) in [5.41, 5.74) is 2.58. The molecule has 0 heterocycles. The molecule has 0 aliphatic carbocycles. The Hall–Kier alpha value is -4.43. The highest BCUT2D eigenvalue weighted by atomic mass is 32.2. The fourth-order valence-corrected chi connectivity index (χ4v) is 4.83. The van der Waals surface area contributed by atoms with Crippen LogP contribution in [0.1, 0.15) is 21.2 Å². The zero-order valence-corrected chi connectivity index (χ0v) is 22.1. The number of thioether (sulfide) groups is 1. The number of rotatable bonds is 10. The third-order valence-corrected chi connectivity index (χ3v) is 6.94. The van der Waals surface area contributed by atoms with Crippen LogP contribution in [0.2, 0.25) is 0 Å². The molecule has 0 aromatic heterocycles. The molecule has 0 saturated carbocycles. The van der Waals surface area contributed by atoms with Gasteiger partial charge in [-0.05, 0) is 66.2 Å². The van der Waals surface area contributed by atoms with Crippen molar-refractivity contribution in [2.24, 2.45) is 0 Å². The van der Waals surface area contributed by atoms with Crippen molar-refractivity contribution in [2.45, 2.75) is 10.1 Å². The number of hydrogen-bond donors (Lipinski definition) is 2. The Morgan fingerprint density at radius 1 is 0.684 bits per heavy atom. The molecule has 0 aliphatic heterocycles. The SMILES string of the molecule is COc1ccc(NC(=O)C(Sc2cccc(NC(=O)c3ccc(OC)c(OC)c3)c2)c2ccccc2)cc1. The van der Waals surface area contributed by atoms with E-state index in [1.165, 1.54) is 18.9 Å². The van der Waals surface area contributed by atoms with Crippen molar-refractivity contribution in [3.8, 4) is 17.2 Å². The molecular weight excluding hydrogens is 500 g/mol. The first-order valence-electron chi connectivity index (χ1n) is 11.8. The van der Waals surface area contributed by atoms with Crippen molar-refractivity contribution in [3.05, 3.63) is 108 Å². The predicted octanol–water partition coefficient (Wildman–Crippen LogP) is 6.44. The standard InChI is InChI=1S/C30H28N2O5S/c1-35-24-15-13-22(14-16-24)31-30(34)28(20-8-5-4-6-9-20)38-25-11-7-10-23(19-25)32-29(33)21-12-17-26(36-2)27(18-21)37-3/h4-19,28H,1-3H3,(H,31,34)(H,32,33). The summed E-state index contributed by atoms with van der Waals surface area (Å²) >= 11 is 1.40. The second-order valence-electron chi connectivity index (χ2n) is 8.18. The van der Waals surface area contributed by atoms with E-state index >= 15 is 0 Å². The second-order valence-corrected chi connectivity index (χ2v) is 9.36. The van der Waals surface area contributed by atoms with E-state index in [0.29, 0.717) is 34.2 Å². The van der Waals surface area contributed by atoms with E-state index < -0.39 is 5.25 Å². The topological polar surface area (TPSA) is 85.9 Å². The van der Waals surface area contributed by atoms with E-state index in [4.69, 9.17) is 14.2 Å². The third kappa shape index (κ3) is 6.66. The predicted molar refractivity (Wildman–Crippen MR) is 151 cm³/mol. The quantitative estimate of drug-likeness (QED) is 0.231. The average molecular weight is 529 g/mol. The fourth-order valence-electron chi connectivity index (χ4n) is 3.75. The van der Waals surface area contributed by atoms with Gasteiger partial charge in [0.05, 0.1) is 21.3 Å². The smallest absolute Gasteiger partial charge is 0.255 e. The highest BCUT2D eigenvalue weighted by Crippen LogP contribution is 2.37. The van der Waals surface area contributed by atoms with Crippen LogP contribution in [0.15, 0.2) is 102 Å². The first-order chi connectivity index (χ1) is 18.5. The van der Waals surface area contributed by atoms with Crippen LogP contribution in [0, 0.1) is 0 Å². The van der Waals surface area contributed by atoms with E-state index in [1.807, 2.05) is 48.5 Å². The Kier molecular flexibility index (Phi) is 8.89. The van der Waals surface area contributed by atoms with Crippen LogP contribution < -0.4 is 24.8 Å². The summed E-state index contributed by atoms with van der Waals surface area (Å²) in [6.07, 6.45) is 0. The number of anilines is 2. The van der Waals surface area contributed by atoms with Crippen LogP contribution in [0.3, 0.4) is 0 Å². The molecule has 0 bridgehead atoms. The van der Waals surface area contributed by atoms with Crippen molar-refractivity contribution < 1.29 is 23.8 Å². The minimum atomic E-state index is -0.518. The molecule has 4 rings (SSSR count). The average Bonchev–Trinajstić information content (AvgIpc) is 2.96. The molecule has 1 unspecified atom stereocenters. The lowest BCUT2D eigenvalue weighted by atomic mass is 10.1. The molecule has 1 atom stereocenters. The highest BCUT2D eigenvalue weighted by Gasteiger charge is 2.22. The molecule has 8 heteroatoms. The lowest BCUT2D eigenvalue weighted by Gasteiger charge is -2.18. The molecule has 4 aromatic carbocycles. The molecule has 38 heavy (non-hydrogen) atoms. The van der Waals surface area contributed by atoms with Crippen molar-refractivity contribution in [3.63, 3.8) is 0 Å². The summed E-state index contributed by atoms with van der Waals surface area (Å²) in [5, 5.41) is 5.39. The van der Waals surface area contributed by atoms with Gasteiger partial charge in [0.2, 0.25) is 5.91 Å². The Morgan fingerprint density at radius 2 is 1.42 bits per heavy atom. The summed E-state index contributed by atoms with van der Waals surface area (Å²) in [4.78, 5) is 27.1. The number of amides is 2. The zero-order valence-electron chi connectivity index (χ0n) is 21.3. The normalized spacial score (nSPS) is 11.2. The second kappa shape index (κ2) is 12.7. The first-order valence-corrected chi connectivity index (χ1v) is 12.7. The van der Waals surface area contributed by atoms with Crippen LogP contribution in [0.25, 0.3) is 0 Å². The molecule has 0 fully saturated rings. The van der Waals surface area contributed by atoms with E-state index in [9.17, 15) is 9.59 Å². The molecule has 0 radical (unpaired) electrons. The lowest BCUT2D eigenvalue weighted by Crippen LogP contribution is -2.19. The van der Waals surface area contributed by atoms with Crippen LogP contribution in [-0.2, 0) is 4.79 Å². The van der Waals surface area contributed by atoms with Crippen molar-refractivity contribution in [1.29, 1.82) is 0 Å². The van der Waals surface area contributed by atoms with Gasteiger partial charge >= 0.3 is 0 Å². The van der Waals surface area contributed by atoms with Gasteiger partial charge in [0.15, 0.2) is 11.5 Å². The number of methoxy groups -OCH3 is 3. The third-order valence-electron chi connectivity index (χ3n) is 5.69. The Morgan fingerprint density at radius 3 is 2.11 bits per heavy atom. The molecular formula is C30H28N2O5S. The van der Waals surface area contributed by atoms with E-state index in [-0.39, 0.29) is 11.8 Å². The van der Waals surface area contributed by atoms with Crippen LogP contribution >= 0.6 is 11.8 Å². The maximum absolute atomic E-state index is 13.4. The lowest BCUT2D eigenvalue weighted by molar-refractivity contribution is -0.115. The number of hydrogen-bond acceptors (Lipinski definition) is 6. The molecule has 0 spiro atoms. The summed E-state index contributed by atoms with van der Waals surface area (Å²) < 4.78 is 15.8. The zero-order chi connectivity index (χ0) is 26.9. The Labute approximate surface area is 226 Å². The van der Waals surface area contributed by atoms with Gasteiger partial charge in [-0.3, -0.25) is 9.59 Å². The van der Waals surface area contributed by atoms with Crippen LogP contribution in [-0.4, -0.2) is 33.1 Å². The van der Waals surface area contributed by atoms with E-state index in [2.05, 4.69) is 10.6 Å². The molecule has 4 aromatic rings. The number of ether oxygens (including phenoxy) is 3. The monoisotopic (exact) mass is 528 g/mol. The van der Waals surface area contributed by atoms with E-state index in [1.54, 1.807) is 62.8 Å². The maximum Gasteiger partial charge on any atom is 0.255 e. The van der Waals surface area contributed by atoms with Gasteiger partial charge < -0.3 is 24.8 Å². The van der Waals surface area contributed by atoms with Gasteiger partial charge in [-0.2, -0.15) is 0 Å². The number of carbonyl (C=O) groups is 2. The molecule has 7 nitrogen and oxygen atoms in total. The van der Waals surface area contributed by atoms with Gasteiger partial charge in [0.1, 0.15) is 11.0 Å². The fraction of sp³-hybridized carbons (Fsp3) is 0.133. The maximum atomic E-state index is 13.4. The van der Waals surface area contributed by atoms with Crippen molar-refractivity contribution in [1.82, 2.24) is 0 Å². The van der Waals surface area contributed by atoms with E-state index in [0.717, 1.165) is 10.5 Å². The Balaban J connectivity index is 1.52.